The van der Waals surface area contributed by atoms with Crippen LogP contribution in [0.25, 0.3) is 0 Å². The third-order valence-corrected chi connectivity index (χ3v) is 5.80. The van der Waals surface area contributed by atoms with Crippen molar-refractivity contribution in [2.45, 2.75) is 45.2 Å². The van der Waals surface area contributed by atoms with Gasteiger partial charge < -0.3 is 15.0 Å². The predicted octanol–water partition coefficient (Wildman–Crippen LogP) is 2.54. The van der Waals surface area contributed by atoms with Crippen LogP contribution in [-0.2, 0) is 16.7 Å². The first-order chi connectivity index (χ1) is 12.0. The second-order valence-electron chi connectivity index (χ2n) is 7.81. The zero-order valence-electron chi connectivity index (χ0n) is 16.3. The minimum Gasteiger partial charge on any atom is -0.379 e. The van der Waals surface area contributed by atoms with Crippen molar-refractivity contribution in [2.75, 3.05) is 46.4 Å². The van der Waals surface area contributed by atoms with Crippen LogP contribution in [0.3, 0.4) is 0 Å². The van der Waals surface area contributed by atoms with E-state index in [1.165, 1.54) is 6.42 Å². The Balaban J connectivity index is 0.00000243. The summed E-state index contributed by atoms with van der Waals surface area (Å²) < 4.78 is 5.47. The number of nitrogens with one attached hydrogen (secondary N) is 1. The van der Waals surface area contributed by atoms with Gasteiger partial charge in [-0.2, -0.15) is 0 Å². The molecular weight excluding hydrogens is 461 g/mol. The van der Waals surface area contributed by atoms with Gasteiger partial charge in [0.2, 0.25) is 0 Å². The lowest BCUT2D eigenvalue weighted by molar-refractivity contribution is 0.0195. The van der Waals surface area contributed by atoms with Gasteiger partial charge in [-0.15, -0.1) is 35.3 Å². The predicted molar refractivity (Wildman–Crippen MR) is 119 cm³/mol. The van der Waals surface area contributed by atoms with Crippen molar-refractivity contribution < 1.29 is 4.74 Å². The highest BCUT2D eigenvalue weighted by Crippen LogP contribution is 2.24. The van der Waals surface area contributed by atoms with Gasteiger partial charge in [-0.3, -0.25) is 9.89 Å². The van der Waals surface area contributed by atoms with E-state index in [0.29, 0.717) is 6.04 Å². The highest BCUT2D eigenvalue weighted by atomic mass is 127. The van der Waals surface area contributed by atoms with Gasteiger partial charge in [0, 0.05) is 50.1 Å². The summed E-state index contributed by atoms with van der Waals surface area (Å²) >= 11 is 1.73. The van der Waals surface area contributed by atoms with Crippen LogP contribution in [-0.4, -0.2) is 73.2 Å². The Kier molecular flexibility index (Phi) is 8.11. The summed E-state index contributed by atoms with van der Waals surface area (Å²) in [5.74, 6) is 0.989. The molecule has 3 rings (SSSR count). The molecule has 3 heterocycles. The zero-order valence-corrected chi connectivity index (χ0v) is 19.5. The lowest BCUT2D eigenvalue weighted by Crippen LogP contribution is -2.46. The number of halogens is 1. The Bertz CT molecular complexity index is 595. The fourth-order valence-electron chi connectivity index (χ4n) is 3.40. The van der Waals surface area contributed by atoms with Crippen molar-refractivity contribution in [3.63, 3.8) is 0 Å². The van der Waals surface area contributed by atoms with Gasteiger partial charge in [0.15, 0.2) is 5.96 Å². The molecule has 0 saturated carbocycles. The fourth-order valence-corrected chi connectivity index (χ4v) is 4.36. The maximum absolute atomic E-state index is 5.47. The molecule has 0 bridgehead atoms. The maximum atomic E-state index is 5.47. The van der Waals surface area contributed by atoms with Gasteiger partial charge in [0.05, 0.1) is 25.5 Å². The minimum absolute atomic E-state index is 0. The Labute approximate surface area is 178 Å². The Morgan fingerprint density at radius 2 is 2.08 bits per heavy atom. The number of aromatic nitrogens is 1. The number of likely N-dealkylation sites (tertiary alicyclic amines) is 1. The van der Waals surface area contributed by atoms with E-state index in [9.17, 15) is 0 Å². The molecule has 1 atom stereocenters. The van der Waals surface area contributed by atoms with Crippen LogP contribution in [0, 0.1) is 0 Å². The molecule has 0 amide bonds. The average molecular weight is 493 g/mol. The molecule has 0 aromatic carbocycles. The molecule has 2 aliphatic rings. The standard InChI is InChI=1S/C18H31N5OS.HI/c1-18(2,3)15-13-25-16(21-15)11-20-17(19-4)23-6-5-14(12-23)22-7-9-24-10-8-22;/h13-14H,5-12H2,1-4H3,(H,19,20);1H. The number of ether oxygens (including phenoxy) is 1. The fraction of sp³-hybridized carbons (Fsp3) is 0.778. The second-order valence-corrected chi connectivity index (χ2v) is 8.76. The number of hydrogen-bond acceptors (Lipinski definition) is 5. The van der Waals surface area contributed by atoms with Crippen LogP contribution < -0.4 is 5.32 Å². The van der Waals surface area contributed by atoms with Gasteiger partial charge in [-0.05, 0) is 6.42 Å². The normalized spacial score (nSPS) is 22.4. The number of aliphatic imine (C=N–C) groups is 1. The van der Waals surface area contributed by atoms with Crippen molar-refractivity contribution >= 4 is 41.3 Å². The van der Waals surface area contributed by atoms with Crippen molar-refractivity contribution in [1.29, 1.82) is 0 Å². The summed E-state index contributed by atoms with van der Waals surface area (Å²) in [6.45, 7) is 13.3. The largest absolute Gasteiger partial charge is 0.379 e. The number of guanidine groups is 1. The van der Waals surface area contributed by atoms with E-state index < -0.39 is 0 Å². The first kappa shape index (κ1) is 21.8. The average Bonchev–Trinajstić information content (AvgIpc) is 3.25. The van der Waals surface area contributed by atoms with Crippen LogP contribution in [0.4, 0.5) is 0 Å². The third kappa shape index (κ3) is 5.53. The Morgan fingerprint density at radius 1 is 1.35 bits per heavy atom. The molecule has 26 heavy (non-hydrogen) atoms. The zero-order chi connectivity index (χ0) is 17.9. The minimum atomic E-state index is 0. The van der Waals surface area contributed by atoms with Gasteiger partial charge in [0.25, 0.3) is 0 Å². The number of nitrogens with zero attached hydrogens (tertiary/aromatic N) is 4. The number of rotatable bonds is 3. The van der Waals surface area contributed by atoms with Crippen LogP contribution in [0.5, 0.6) is 0 Å². The number of hydrogen-bond donors (Lipinski definition) is 1. The highest BCUT2D eigenvalue weighted by Gasteiger charge is 2.30. The molecule has 0 radical (unpaired) electrons. The van der Waals surface area contributed by atoms with Crippen molar-refractivity contribution in [1.82, 2.24) is 20.1 Å². The van der Waals surface area contributed by atoms with E-state index in [-0.39, 0.29) is 29.4 Å². The van der Waals surface area contributed by atoms with Crippen LogP contribution >= 0.6 is 35.3 Å². The molecule has 1 unspecified atom stereocenters. The summed E-state index contributed by atoms with van der Waals surface area (Å²) in [5.41, 5.74) is 1.27. The van der Waals surface area contributed by atoms with Crippen LogP contribution in [0.1, 0.15) is 37.9 Å². The lowest BCUT2D eigenvalue weighted by Gasteiger charge is -2.32. The molecule has 1 N–H and O–H groups in total. The van der Waals surface area contributed by atoms with E-state index in [1.54, 1.807) is 11.3 Å². The lowest BCUT2D eigenvalue weighted by atomic mass is 9.93. The summed E-state index contributed by atoms with van der Waals surface area (Å²) in [4.78, 5) is 14.2. The van der Waals surface area contributed by atoms with E-state index in [2.05, 4.69) is 46.3 Å². The van der Waals surface area contributed by atoms with Crippen molar-refractivity contribution in [3.05, 3.63) is 16.1 Å². The summed E-state index contributed by atoms with van der Waals surface area (Å²) in [6, 6.07) is 0.620. The Morgan fingerprint density at radius 3 is 2.69 bits per heavy atom. The molecule has 148 valence electrons. The first-order valence-electron chi connectivity index (χ1n) is 9.19. The molecule has 6 nitrogen and oxygen atoms in total. The molecule has 2 aliphatic heterocycles. The molecule has 2 fully saturated rings. The quantitative estimate of drug-likeness (QED) is 0.399. The molecule has 2 saturated heterocycles. The van der Waals surface area contributed by atoms with Gasteiger partial charge >= 0.3 is 0 Å². The summed E-state index contributed by atoms with van der Waals surface area (Å²) in [7, 11) is 1.87. The molecule has 8 heteroatoms. The number of morpholine rings is 1. The van der Waals surface area contributed by atoms with Gasteiger partial charge in [-0.1, -0.05) is 20.8 Å². The summed E-state index contributed by atoms with van der Waals surface area (Å²) in [5, 5.41) is 6.79. The SMILES string of the molecule is CN=C(NCc1nc(C(C)(C)C)cs1)N1CCC(N2CCOCC2)C1.I. The molecule has 1 aromatic rings. The van der Waals surface area contributed by atoms with E-state index in [1.807, 2.05) is 7.05 Å². The number of thiazole rings is 1. The second kappa shape index (κ2) is 9.66. The van der Waals surface area contributed by atoms with E-state index in [0.717, 1.165) is 62.6 Å². The molecule has 0 spiro atoms. The van der Waals surface area contributed by atoms with Crippen molar-refractivity contribution in [2.24, 2.45) is 4.99 Å². The molecular formula is C18H32IN5OS. The summed E-state index contributed by atoms with van der Waals surface area (Å²) in [6.07, 6.45) is 1.20. The maximum Gasteiger partial charge on any atom is 0.194 e. The first-order valence-corrected chi connectivity index (χ1v) is 10.1. The third-order valence-electron chi connectivity index (χ3n) is 4.95. The monoisotopic (exact) mass is 493 g/mol. The van der Waals surface area contributed by atoms with Gasteiger partial charge in [-0.25, -0.2) is 4.98 Å². The van der Waals surface area contributed by atoms with Crippen LogP contribution in [0.15, 0.2) is 10.4 Å². The smallest absolute Gasteiger partial charge is 0.194 e. The Hall–Kier alpha value is -0.450. The van der Waals surface area contributed by atoms with Gasteiger partial charge in [0.1, 0.15) is 5.01 Å². The van der Waals surface area contributed by atoms with E-state index >= 15 is 0 Å². The topological polar surface area (TPSA) is 53.0 Å². The van der Waals surface area contributed by atoms with E-state index in [4.69, 9.17) is 9.72 Å². The van der Waals surface area contributed by atoms with Crippen LogP contribution in [0.2, 0.25) is 0 Å². The molecule has 0 aliphatic carbocycles. The van der Waals surface area contributed by atoms with Crippen molar-refractivity contribution in [3.8, 4) is 0 Å². The highest BCUT2D eigenvalue weighted by molar-refractivity contribution is 14.0. The molecule has 1 aromatic heterocycles.